The molecule has 2 nitrogen and oxygen atoms in total. The van der Waals surface area contributed by atoms with Crippen molar-refractivity contribution in [2.75, 3.05) is 0 Å². The van der Waals surface area contributed by atoms with Gasteiger partial charge in [-0.25, -0.2) is 9.97 Å². The summed E-state index contributed by atoms with van der Waals surface area (Å²) in [5.74, 6) is 7.07. The third-order valence-electron chi connectivity index (χ3n) is 2.11. The molecular weight excluding hydrogens is 160 g/mol. The first-order valence-electron chi connectivity index (χ1n) is 4.58. The summed E-state index contributed by atoms with van der Waals surface area (Å²) in [6.07, 6.45) is 2.55. The number of hydrogen-bond acceptors (Lipinski definition) is 2. The van der Waals surface area contributed by atoms with Gasteiger partial charge < -0.3 is 0 Å². The van der Waals surface area contributed by atoms with Gasteiger partial charge in [-0.15, -0.1) is 0 Å². The highest BCUT2D eigenvalue weighted by Crippen LogP contribution is 2.38. The standard InChI is InChI=1S/C11H12N2/c1-3-4-11-12-8(2)7-10(13-11)9-5-6-9/h7,9H,5-6H2,1-2H3. The Hall–Kier alpha value is -1.36. The second kappa shape index (κ2) is 3.18. The molecule has 0 radical (unpaired) electrons. The zero-order valence-corrected chi connectivity index (χ0v) is 7.96. The Kier molecular flexibility index (Phi) is 2.02. The lowest BCUT2D eigenvalue weighted by Crippen LogP contribution is -1.96. The monoisotopic (exact) mass is 172 g/mol. The number of rotatable bonds is 1. The second-order valence-electron chi connectivity index (χ2n) is 3.41. The summed E-state index contributed by atoms with van der Waals surface area (Å²) in [5.41, 5.74) is 2.19. The third kappa shape index (κ3) is 1.86. The van der Waals surface area contributed by atoms with Crippen molar-refractivity contribution in [1.29, 1.82) is 0 Å². The lowest BCUT2D eigenvalue weighted by atomic mass is 10.2. The first-order chi connectivity index (χ1) is 6.29. The van der Waals surface area contributed by atoms with Gasteiger partial charge in [-0.2, -0.15) is 0 Å². The van der Waals surface area contributed by atoms with Crippen molar-refractivity contribution >= 4 is 0 Å². The average molecular weight is 172 g/mol. The molecular formula is C11H12N2. The van der Waals surface area contributed by atoms with E-state index in [0.29, 0.717) is 11.7 Å². The molecule has 1 aromatic heterocycles. The minimum Gasteiger partial charge on any atom is -0.226 e. The van der Waals surface area contributed by atoms with Gasteiger partial charge in [0.05, 0.1) is 0 Å². The lowest BCUT2D eigenvalue weighted by molar-refractivity contribution is 0.950. The van der Waals surface area contributed by atoms with Gasteiger partial charge in [-0.1, -0.05) is 5.92 Å². The van der Waals surface area contributed by atoms with Crippen LogP contribution in [0, 0.1) is 18.8 Å². The Morgan fingerprint density at radius 3 is 2.77 bits per heavy atom. The molecule has 1 aliphatic carbocycles. The molecule has 2 rings (SSSR count). The molecule has 1 aromatic rings. The molecule has 0 saturated heterocycles. The van der Waals surface area contributed by atoms with Gasteiger partial charge in [0.1, 0.15) is 0 Å². The summed E-state index contributed by atoms with van der Waals surface area (Å²) in [7, 11) is 0. The van der Waals surface area contributed by atoms with E-state index >= 15 is 0 Å². The van der Waals surface area contributed by atoms with Crippen LogP contribution in [0.1, 0.15) is 42.9 Å². The molecule has 0 aromatic carbocycles. The highest BCUT2D eigenvalue weighted by molar-refractivity contribution is 5.26. The molecule has 0 bridgehead atoms. The molecule has 0 unspecified atom stereocenters. The van der Waals surface area contributed by atoms with Crippen LogP contribution >= 0.6 is 0 Å². The van der Waals surface area contributed by atoms with Crippen molar-refractivity contribution in [2.45, 2.75) is 32.6 Å². The van der Waals surface area contributed by atoms with E-state index in [1.165, 1.54) is 18.5 Å². The van der Waals surface area contributed by atoms with E-state index in [2.05, 4.69) is 27.9 Å². The molecule has 0 spiro atoms. The van der Waals surface area contributed by atoms with Crippen LogP contribution in [-0.4, -0.2) is 9.97 Å². The number of aromatic nitrogens is 2. The van der Waals surface area contributed by atoms with Crippen molar-refractivity contribution in [3.05, 3.63) is 23.3 Å². The quantitative estimate of drug-likeness (QED) is 0.606. The summed E-state index contributed by atoms with van der Waals surface area (Å²) < 4.78 is 0. The number of hydrogen-bond donors (Lipinski definition) is 0. The highest BCUT2D eigenvalue weighted by Gasteiger charge is 2.25. The molecule has 1 heterocycles. The number of nitrogens with zero attached hydrogens (tertiary/aromatic N) is 2. The maximum absolute atomic E-state index is 4.40. The highest BCUT2D eigenvalue weighted by atomic mass is 14.9. The van der Waals surface area contributed by atoms with E-state index in [0.717, 1.165) is 5.69 Å². The van der Waals surface area contributed by atoms with E-state index in [4.69, 9.17) is 0 Å². The van der Waals surface area contributed by atoms with Gasteiger partial charge in [-0.3, -0.25) is 0 Å². The predicted molar refractivity (Wildman–Crippen MR) is 51.3 cm³/mol. The summed E-state index contributed by atoms with van der Waals surface area (Å²) in [6, 6.07) is 2.07. The van der Waals surface area contributed by atoms with Crippen LogP contribution in [-0.2, 0) is 0 Å². The molecule has 0 atom stereocenters. The molecule has 1 saturated carbocycles. The second-order valence-corrected chi connectivity index (χ2v) is 3.41. The van der Waals surface area contributed by atoms with E-state index in [-0.39, 0.29) is 0 Å². The molecule has 0 aliphatic heterocycles. The van der Waals surface area contributed by atoms with Gasteiger partial charge in [0.25, 0.3) is 0 Å². The molecule has 1 fully saturated rings. The first-order valence-corrected chi connectivity index (χ1v) is 4.58. The molecule has 2 heteroatoms. The van der Waals surface area contributed by atoms with Gasteiger partial charge in [0.2, 0.25) is 5.82 Å². The van der Waals surface area contributed by atoms with Crippen molar-refractivity contribution in [3.8, 4) is 11.8 Å². The van der Waals surface area contributed by atoms with Crippen molar-refractivity contribution in [3.63, 3.8) is 0 Å². The van der Waals surface area contributed by atoms with Crippen LogP contribution in [0.3, 0.4) is 0 Å². The average Bonchev–Trinajstić information content (AvgIpc) is 2.85. The zero-order valence-electron chi connectivity index (χ0n) is 7.96. The summed E-state index contributed by atoms with van der Waals surface area (Å²) in [5, 5.41) is 0. The first kappa shape index (κ1) is 8.25. The Morgan fingerprint density at radius 2 is 2.15 bits per heavy atom. The topological polar surface area (TPSA) is 25.8 Å². The Morgan fingerprint density at radius 1 is 1.38 bits per heavy atom. The van der Waals surface area contributed by atoms with E-state index in [1.807, 2.05) is 13.8 Å². The molecule has 0 amide bonds. The van der Waals surface area contributed by atoms with Crippen molar-refractivity contribution < 1.29 is 0 Å². The fourth-order valence-electron chi connectivity index (χ4n) is 1.35. The maximum Gasteiger partial charge on any atom is 0.205 e. The SMILES string of the molecule is CC#Cc1nc(C)cc(C2CC2)n1. The summed E-state index contributed by atoms with van der Waals surface area (Å²) in [4.78, 5) is 8.65. The summed E-state index contributed by atoms with van der Waals surface area (Å²) in [6.45, 7) is 3.80. The van der Waals surface area contributed by atoms with Gasteiger partial charge >= 0.3 is 0 Å². The van der Waals surface area contributed by atoms with Crippen molar-refractivity contribution in [2.24, 2.45) is 0 Å². The normalized spacial score (nSPS) is 14.9. The van der Waals surface area contributed by atoms with E-state index in [9.17, 15) is 0 Å². The van der Waals surface area contributed by atoms with Crippen LogP contribution in [0.4, 0.5) is 0 Å². The fraction of sp³-hybridized carbons (Fsp3) is 0.455. The lowest BCUT2D eigenvalue weighted by Gasteiger charge is -1.99. The Bertz CT molecular complexity index is 381. The van der Waals surface area contributed by atoms with Crippen LogP contribution in [0.15, 0.2) is 6.07 Å². The fourth-order valence-corrected chi connectivity index (χ4v) is 1.35. The van der Waals surface area contributed by atoms with Gasteiger partial charge in [0, 0.05) is 17.3 Å². The van der Waals surface area contributed by atoms with Crippen LogP contribution in [0.2, 0.25) is 0 Å². The third-order valence-corrected chi connectivity index (χ3v) is 2.11. The molecule has 66 valence electrons. The van der Waals surface area contributed by atoms with Crippen LogP contribution in [0.5, 0.6) is 0 Å². The Balaban J connectivity index is 2.39. The van der Waals surface area contributed by atoms with E-state index < -0.39 is 0 Å². The van der Waals surface area contributed by atoms with Crippen molar-refractivity contribution in [1.82, 2.24) is 9.97 Å². The largest absolute Gasteiger partial charge is 0.226 e. The van der Waals surface area contributed by atoms with Gasteiger partial charge in [0.15, 0.2) is 0 Å². The molecule has 1 aliphatic rings. The Labute approximate surface area is 78.4 Å². The molecule has 0 N–H and O–H groups in total. The van der Waals surface area contributed by atoms with Crippen LogP contribution < -0.4 is 0 Å². The molecule has 13 heavy (non-hydrogen) atoms. The summed E-state index contributed by atoms with van der Waals surface area (Å²) >= 11 is 0. The zero-order chi connectivity index (χ0) is 9.26. The predicted octanol–water partition coefficient (Wildman–Crippen LogP) is 2.03. The van der Waals surface area contributed by atoms with Gasteiger partial charge in [-0.05, 0) is 38.7 Å². The minimum atomic E-state index is 0.671. The van der Waals surface area contributed by atoms with E-state index in [1.54, 1.807) is 0 Å². The minimum absolute atomic E-state index is 0.671. The van der Waals surface area contributed by atoms with Crippen LogP contribution in [0.25, 0.3) is 0 Å². The maximum atomic E-state index is 4.40. The number of aryl methyl sites for hydroxylation is 1. The smallest absolute Gasteiger partial charge is 0.205 e.